The quantitative estimate of drug-likeness (QED) is 0.644. The number of imidazole rings is 1. The highest BCUT2D eigenvalue weighted by Crippen LogP contribution is 2.12. The summed E-state index contributed by atoms with van der Waals surface area (Å²) in [6.45, 7) is 5.95. The summed E-state index contributed by atoms with van der Waals surface area (Å²) >= 11 is 0. The highest BCUT2D eigenvalue weighted by Gasteiger charge is 1.96. The number of hydrogen-bond donors (Lipinski definition) is 1. The molecular weight excluding hydrogens is 274 g/mol. The Morgan fingerprint density at radius 3 is 2.73 bits per heavy atom. The van der Waals surface area contributed by atoms with E-state index in [-0.39, 0.29) is 0 Å². The molecule has 0 saturated carbocycles. The lowest BCUT2D eigenvalue weighted by atomic mass is 10.2. The van der Waals surface area contributed by atoms with Gasteiger partial charge in [-0.3, -0.25) is 0 Å². The van der Waals surface area contributed by atoms with Gasteiger partial charge in [0.05, 0.1) is 12.9 Å². The fraction of sp³-hybridized carbons (Fsp3) is 0.500. The summed E-state index contributed by atoms with van der Waals surface area (Å²) in [5.74, 6) is 0.972. The first-order chi connectivity index (χ1) is 10.9. The minimum Gasteiger partial charge on any atom is -0.494 e. The molecule has 0 unspecified atom stereocenters. The lowest BCUT2D eigenvalue weighted by molar-refractivity contribution is 0.306. The Bertz CT molecular complexity index is 494. The SMILES string of the molecule is CCCCCOc1ccc(CNCCCn2ccnc2)cc1. The first-order valence-electron chi connectivity index (χ1n) is 8.26. The van der Waals surface area contributed by atoms with Crippen molar-refractivity contribution >= 4 is 0 Å². The predicted molar refractivity (Wildman–Crippen MR) is 90.0 cm³/mol. The van der Waals surface area contributed by atoms with Crippen LogP contribution in [0.5, 0.6) is 5.75 Å². The largest absolute Gasteiger partial charge is 0.494 e. The van der Waals surface area contributed by atoms with Crippen molar-refractivity contribution in [3.63, 3.8) is 0 Å². The number of nitrogens with one attached hydrogen (secondary N) is 1. The maximum absolute atomic E-state index is 5.72. The van der Waals surface area contributed by atoms with Crippen molar-refractivity contribution in [2.45, 2.75) is 45.7 Å². The van der Waals surface area contributed by atoms with Crippen LogP contribution in [0.25, 0.3) is 0 Å². The van der Waals surface area contributed by atoms with Crippen molar-refractivity contribution in [2.75, 3.05) is 13.2 Å². The zero-order valence-corrected chi connectivity index (χ0v) is 13.5. The molecule has 1 N–H and O–H groups in total. The predicted octanol–water partition coefficient (Wildman–Crippen LogP) is 3.63. The van der Waals surface area contributed by atoms with Gasteiger partial charge in [-0.2, -0.15) is 0 Å². The molecule has 0 saturated heterocycles. The van der Waals surface area contributed by atoms with Gasteiger partial charge in [0.15, 0.2) is 0 Å². The summed E-state index contributed by atoms with van der Waals surface area (Å²) in [6.07, 6.45) is 10.4. The van der Waals surface area contributed by atoms with E-state index in [9.17, 15) is 0 Å². The third-order valence-electron chi connectivity index (χ3n) is 3.60. The lowest BCUT2D eigenvalue weighted by Crippen LogP contribution is -2.16. The molecule has 1 aromatic heterocycles. The van der Waals surface area contributed by atoms with Crippen LogP contribution in [-0.2, 0) is 13.1 Å². The topological polar surface area (TPSA) is 39.1 Å². The summed E-state index contributed by atoms with van der Waals surface area (Å²) in [5.41, 5.74) is 1.29. The third kappa shape index (κ3) is 6.31. The third-order valence-corrected chi connectivity index (χ3v) is 3.60. The van der Waals surface area contributed by atoms with Gasteiger partial charge in [0.1, 0.15) is 5.75 Å². The van der Waals surface area contributed by atoms with Crippen LogP contribution in [0, 0.1) is 0 Å². The van der Waals surface area contributed by atoms with Gasteiger partial charge in [0.2, 0.25) is 0 Å². The van der Waals surface area contributed by atoms with E-state index in [1.807, 2.05) is 18.7 Å². The Kier molecular flexibility index (Phi) is 7.53. The Balaban J connectivity index is 1.57. The number of aryl methyl sites for hydroxylation is 1. The molecule has 22 heavy (non-hydrogen) atoms. The summed E-state index contributed by atoms with van der Waals surface area (Å²) < 4.78 is 7.82. The van der Waals surface area contributed by atoms with Crippen molar-refractivity contribution in [2.24, 2.45) is 0 Å². The highest BCUT2D eigenvalue weighted by atomic mass is 16.5. The minimum absolute atomic E-state index is 0.819. The molecule has 2 rings (SSSR count). The molecule has 0 aliphatic heterocycles. The second kappa shape index (κ2) is 10.0. The minimum atomic E-state index is 0.819. The Hall–Kier alpha value is -1.81. The normalized spacial score (nSPS) is 10.8. The van der Waals surface area contributed by atoms with Gasteiger partial charge in [-0.15, -0.1) is 0 Å². The molecule has 2 aromatic rings. The molecule has 0 spiro atoms. The van der Waals surface area contributed by atoms with E-state index in [0.29, 0.717) is 0 Å². The molecule has 4 nitrogen and oxygen atoms in total. The molecule has 0 amide bonds. The zero-order chi connectivity index (χ0) is 15.5. The van der Waals surface area contributed by atoms with E-state index in [2.05, 4.69) is 46.1 Å². The van der Waals surface area contributed by atoms with Crippen LogP contribution in [0.15, 0.2) is 43.0 Å². The molecule has 1 aromatic carbocycles. The van der Waals surface area contributed by atoms with Crippen LogP contribution in [0.3, 0.4) is 0 Å². The zero-order valence-electron chi connectivity index (χ0n) is 13.5. The monoisotopic (exact) mass is 301 g/mol. The molecule has 0 aliphatic rings. The van der Waals surface area contributed by atoms with E-state index < -0.39 is 0 Å². The summed E-state index contributed by atoms with van der Waals surface area (Å²) in [5, 5.41) is 3.47. The summed E-state index contributed by atoms with van der Waals surface area (Å²) in [7, 11) is 0. The molecule has 0 atom stereocenters. The second-order valence-electron chi connectivity index (χ2n) is 5.53. The molecule has 0 radical (unpaired) electrons. The Morgan fingerprint density at radius 1 is 1.14 bits per heavy atom. The lowest BCUT2D eigenvalue weighted by Gasteiger charge is -2.08. The number of hydrogen-bond acceptors (Lipinski definition) is 3. The Morgan fingerprint density at radius 2 is 2.00 bits per heavy atom. The number of unbranched alkanes of at least 4 members (excludes halogenated alkanes) is 2. The number of benzene rings is 1. The van der Waals surface area contributed by atoms with Gasteiger partial charge < -0.3 is 14.6 Å². The van der Waals surface area contributed by atoms with E-state index >= 15 is 0 Å². The second-order valence-corrected chi connectivity index (χ2v) is 5.53. The van der Waals surface area contributed by atoms with Crippen molar-refractivity contribution < 1.29 is 4.74 Å². The molecule has 0 fully saturated rings. The van der Waals surface area contributed by atoms with Crippen LogP contribution in [0.1, 0.15) is 38.2 Å². The number of rotatable bonds is 11. The van der Waals surface area contributed by atoms with Crippen molar-refractivity contribution in [1.29, 1.82) is 0 Å². The van der Waals surface area contributed by atoms with Gasteiger partial charge in [-0.25, -0.2) is 4.98 Å². The van der Waals surface area contributed by atoms with Gasteiger partial charge in [-0.1, -0.05) is 31.9 Å². The average Bonchev–Trinajstić information content (AvgIpc) is 3.06. The molecule has 0 aliphatic carbocycles. The molecular formula is C18H27N3O. The van der Waals surface area contributed by atoms with Crippen LogP contribution in [-0.4, -0.2) is 22.7 Å². The van der Waals surface area contributed by atoms with Gasteiger partial charge >= 0.3 is 0 Å². The fourth-order valence-electron chi connectivity index (χ4n) is 2.28. The summed E-state index contributed by atoms with van der Waals surface area (Å²) in [6, 6.07) is 8.40. The van der Waals surface area contributed by atoms with Crippen molar-refractivity contribution in [3.8, 4) is 5.75 Å². The van der Waals surface area contributed by atoms with Crippen molar-refractivity contribution in [3.05, 3.63) is 48.5 Å². The van der Waals surface area contributed by atoms with Gasteiger partial charge in [-0.05, 0) is 37.1 Å². The standard InChI is InChI=1S/C18H27N3O/c1-2-3-4-14-22-18-8-6-17(7-9-18)15-19-10-5-12-21-13-11-20-16-21/h6-9,11,13,16,19H,2-5,10,12,14-15H2,1H3. The number of aromatic nitrogens is 2. The molecule has 0 bridgehead atoms. The smallest absolute Gasteiger partial charge is 0.119 e. The maximum atomic E-state index is 5.72. The Labute approximate surface area is 133 Å². The first kappa shape index (κ1) is 16.6. The van der Waals surface area contributed by atoms with Crippen LogP contribution in [0.2, 0.25) is 0 Å². The van der Waals surface area contributed by atoms with E-state index in [0.717, 1.165) is 44.8 Å². The molecule has 4 heteroatoms. The first-order valence-corrected chi connectivity index (χ1v) is 8.26. The van der Waals surface area contributed by atoms with Crippen LogP contribution in [0.4, 0.5) is 0 Å². The summed E-state index contributed by atoms with van der Waals surface area (Å²) in [4.78, 5) is 4.04. The fourth-order valence-corrected chi connectivity index (χ4v) is 2.28. The highest BCUT2D eigenvalue weighted by molar-refractivity contribution is 5.27. The van der Waals surface area contributed by atoms with Gasteiger partial charge in [0.25, 0.3) is 0 Å². The number of ether oxygens (including phenoxy) is 1. The molecule has 120 valence electrons. The van der Waals surface area contributed by atoms with Crippen LogP contribution >= 0.6 is 0 Å². The van der Waals surface area contributed by atoms with Crippen molar-refractivity contribution in [1.82, 2.24) is 14.9 Å². The number of nitrogens with zero attached hydrogens (tertiary/aromatic N) is 2. The van der Waals surface area contributed by atoms with Crippen LogP contribution < -0.4 is 10.1 Å². The van der Waals surface area contributed by atoms with E-state index in [1.165, 1.54) is 18.4 Å². The van der Waals surface area contributed by atoms with Gasteiger partial charge in [0, 0.05) is 25.5 Å². The maximum Gasteiger partial charge on any atom is 0.119 e. The van der Waals surface area contributed by atoms with E-state index in [4.69, 9.17) is 4.74 Å². The average molecular weight is 301 g/mol. The van der Waals surface area contributed by atoms with E-state index in [1.54, 1.807) is 0 Å². The molecule has 1 heterocycles.